The summed E-state index contributed by atoms with van der Waals surface area (Å²) in [5, 5.41) is 4.05. The Morgan fingerprint density at radius 1 is 1.44 bits per heavy atom. The maximum atomic E-state index is 11.7. The van der Waals surface area contributed by atoms with Crippen molar-refractivity contribution >= 4 is 0 Å². The van der Waals surface area contributed by atoms with Crippen molar-refractivity contribution in [1.82, 2.24) is 9.78 Å². The smallest absolute Gasteiger partial charge is 0.439 e. The van der Waals surface area contributed by atoms with Gasteiger partial charge >= 0.3 is 11.8 Å². The van der Waals surface area contributed by atoms with Crippen molar-refractivity contribution in [3.8, 4) is 6.08 Å². The molecule has 1 aromatic rings. The molecule has 0 aliphatic heterocycles. The van der Waals surface area contributed by atoms with Crippen LogP contribution in [0.1, 0.15) is 45.1 Å². The molecule has 1 aromatic heterocycles. The molecule has 0 saturated heterocycles. The molecule has 0 aromatic carbocycles. The first-order chi connectivity index (χ1) is 8.76. The fourth-order valence-electron chi connectivity index (χ4n) is 2.38. The third-order valence-corrected chi connectivity index (χ3v) is 3.24. The molecule has 2 atom stereocenters. The average Bonchev–Trinajstić information content (AvgIpc) is 2.78. The average molecular weight is 256 g/mol. The van der Waals surface area contributed by atoms with Crippen LogP contribution in [0, 0.1) is 0 Å². The lowest BCUT2D eigenvalue weighted by atomic mass is 9.92. The van der Waals surface area contributed by atoms with Gasteiger partial charge < -0.3 is 13.9 Å². The monoisotopic (exact) mass is 256 g/mol. The molecule has 1 aliphatic rings. The molecule has 0 spiro atoms. The van der Waals surface area contributed by atoms with Crippen molar-refractivity contribution in [2.75, 3.05) is 13.7 Å². The fourth-order valence-corrected chi connectivity index (χ4v) is 2.38. The van der Waals surface area contributed by atoms with Crippen molar-refractivity contribution in [1.29, 1.82) is 0 Å². The van der Waals surface area contributed by atoms with E-state index in [0.29, 0.717) is 6.61 Å². The molecule has 1 heterocycles. The number of aromatic nitrogens is 2. The van der Waals surface area contributed by atoms with Gasteiger partial charge in [-0.15, -0.1) is 0 Å². The third kappa shape index (κ3) is 2.75. The zero-order valence-corrected chi connectivity index (χ0v) is 10.9. The van der Waals surface area contributed by atoms with E-state index < -0.39 is 5.76 Å². The number of rotatable bonds is 5. The Balaban J connectivity index is 2.16. The van der Waals surface area contributed by atoms with Gasteiger partial charge in [0.2, 0.25) is 0 Å². The number of hydrogen-bond acceptors (Lipinski definition) is 5. The van der Waals surface area contributed by atoms with Crippen molar-refractivity contribution in [2.45, 2.75) is 51.2 Å². The summed E-state index contributed by atoms with van der Waals surface area (Å²) in [6.07, 6.45) is 5.11. The summed E-state index contributed by atoms with van der Waals surface area (Å²) >= 11 is 0. The summed E-state index contributed by atoms with van der Waals surface area (Å²) in [6, 6.07) is -0.0366. The van der Waals surface area contributed by atoms with Crippen LogP contribution < -0.4 is 10.5 Å². The van der Waals surface area contributed by atoms with Gasteiger partial charge in [0.1, 0.15) is 0 Å². The van der Waals surface area contributed by atoms with E-state index >= 15 is 0 Å². The Labute approximate surface area is 106 Å². The van der Waals surface area contributed by atoms with Crippen molar-refractivity contribution in [2.24, 2.45) is 0 Å². The Bertz CT molecular complexity index is 426. The maximum Gasteiger partial charge on any atom is 0.439 e. The van der Waals surface area contributed by atoms with Crippen molar-refractivity contribution in [3.05, 3.63) is 10.6 Å². The largest absolute Gasteiger partial charge is 0.452 e. The van der Waals surface area contributed by atoms with E-state index in [0.717, 1.165) is 32.1 Å². The highest BCUT2D eigenvalue weighted by molar-refractivity contribution is 4.86. The molecule has 18 heavy (non-hydrogen) atoms. The minimum Gasteiger partial charge on any atom is -0.452 e. The lowest BCUT2D eigenvalue weighted by Crippen LogP contribution is -2.35. The predicted octanol–water partition coefficient (Wildman–Crippen LogP) is 1.76. The number of ether oxygens (including phenoxy) is 2. The Kier molecular flexibility index (Phi) is 4.41. The zero-order valence-electron chi connectivity index (χ0n) is 10.9. The number of nitrogens with zero attached hydrogens (tertiary/aromatic N) is 2. The van der Waals surface area contributed by atoms with E-state index in [1.165, 1.54) is 11.8 Å². The highest BCUT2D eigenvalue weighted by Crippen LogP contribution is 2.30. The molecule has 2 rings (SSSR count). The van der Waals surface area contributed by atoms with Gasteiger partial charge in [-0.05, 0) is 19.3 Å². The van der Waals surface area contributed by atoms with Crippen LogP contribution in [0.2, 0.25) is 0 Å². The highest BCUT2D eigenvalue weighted by Gasteiger charge is 2.30. The molecule has 1 fully saturated rings. The van der Waals surface area contributed by atoms with E-state index in [1.807, 2.05) is 0 Å². The summed E-state index contributed by atoms with van der Waals surface area (Å²) in [7, 11) is 1.43. The topological polar surface area (TPSA) is 66.5 Å². The number of hydrogen-bond donors (Lipinski definition) is 0. The van der Waals surface area contributed by atoms with E-state index in [1.54, 1.807) is 0 Å². The van der Waals surface area contributed by atoms with Gasteiger partial charge in [-0.2, -0.15) is 4.68 Å². The normalized spacial score (nSPS) is 24.1. The summed E-state index contributed by atoms with van der Waals surface area (Å²) in [6.45, 7) is 2.79. The summed E-state index contributed by atoms with van der Waals surface area (Å²) in [5.74, 6) is -0.469. The van der Waals surface area contributed by atoms with Crippen LogP contribution in [0.4, 0.5) is 0 Å². The second kappa shape index (κ2) is 6.04. The molecule has 0 bridgehead atoms. The van der Waals surface area contributed by atoms with E-state index in [9.17, 15) is 4.79 Å². The summed E-state index contributed by atoms with van der Waals surface area (Å²) in [5.41, 5.74) is 0. The van der Waals surface area contributed by atoms with Crippen molar-refractivity contribution in [3.63, 3.8) is 0 Å². The Morgan fingerprint density at radius 3 is 2.89 bits per heavy atom. The zero-order chi connectivity index (χ0) is 13.0. The quantitative estimate of drug-likeness (QED) is 0.803. The third-order valence-electron chi connectivity index (χ3n) is 3.24. The minimum absolute atomic E-state index is 0.0137. The Hall–Kier alpha value is -1.30. The molecule has 1 aliphatic carbocycles. The summed E-state index contributed by atoms with van der Waals surface area (Å²) in [4.78, 5) is 11.7. The van der Waals surface area contributed by atoms with Gasteiger partial charge in [-0.25, -0.2) is 4.79 Å². The second-order valence-corrected chi connectivity index (χ2v) is 4.54. The SMILES string of the molecule is CCCO[C@@H]1CCCC[C@@H]1n1nc(OC)oc1=O. The van der Waals surface area contributed by atoms with Gasteiger partial charge in [-0.1, -0.05) is 24.9 Å². The molecule has 0 amide bonds. The van der Waals surface area contributed by atoms with E-state index in [4.69, 9.17) is 13.9 Å². The first-order valence-corrected chi connectivity index (χ1v) is 6.51. The highest BCUT2D eigenvalue weighted by atomic mass is 16.6. The number of methoxy groups -OCH3 is 1. The van der Waals surface area contributed by atoms with Crippen LogP contribution in [-0.4, -0.2) is 29.6 Å². The maximum absolute atomic E-state index is 11.7. The Morgan fingerprint density at radius 2 is 2.22 bits per heavy atom. The van der Waals surface area contributed by atoms with E-state index in [-0.39, 0.29) is 18.2 Å². The van der Waals surface area contributed by atoms with Crippen LogP contribution >= 0.6 is 0 Å². The van der Waals surface area contributed by atoms with Crippen LogP contribution in [0.25, 0.3) is 0 Å². The van der Waals surface area contributed by atoms with Crippen LogP contribution in [0.3, 0.4) is 0 Å². The molecule has 6 heteroatoms. The lowest BCUT2D eigenvalue weighted by molar-refractivity contribution is -0.0109. The molecule has 0 radical (unpaired) electrons. The fraction of sp³-hybridized carbons (Fsp3) is 0.833. The predicted molar refractivity (Wildman–Crippen MR) is 64.9 cm³/mol. The first-order valence-electron chi connectivity index (χ1n) is 6.51. The molecule has 102 valence electrons. The molecule has 0 unspecified atom stereocenters. The van der Waals surface area contributed by atoms with Gasteiger partial charge in [-0.3, -0.25) is 0 Å². The molecular formula is C12H20N2O4. The van der Waals surface area contributed by atoms with Gasteiger partial charge in [0.25, 0.3) is 0 Å². The van der Waals surface area contributed by atoms with Crippen LogP contribution in [0.5, 0.6) is 6.08 Å². The van der Waals surface area contributed by atoms with Gasteiger partial charge in [0, 0.05) is 6.61 Å². The molecule has 0 N–H and O–H groups in total. The van der Waals surface area contributed by atoms with E-state index in [2.05, 4.69) is 12.0 Å². The summed E-state index contributed by atoms with van der Waals surface area (Å²) < 4.78 is 16.9. The van der Waals surface area contributed by atoms with Crippen LogP contribution in [0.15, 0.2) is 9.21 Å². The molecular weight excluding hydrogens is 236 g/mol. The van der Waals surface area contributed by atoms with Crippen LogP contribution in [-0.2, 0) is 4.74 Å². The standard InChI is InChI=1S/C12H20N2O4/c1-3-8-17-10-7-5-4-6-9(10)14-12(15)18-11(13-14)16-2/h9-10H,3-8H2,1-2H3/t9-,10+/m0/s1. The first kappa shape index (κ1) is 13.1. The molecule has 6 nitrogen and oxygen atoms in total. The minimum atomic E-state index is -0.469. The van der Waals surface area contributed by atoms with Crippen molar-refractivity contribution < 1.29 is 13.9 Å². The second-order valence-electron chi connectivity index (χ2n) is 4.54. The lowest BCUT2D eigenvalue weighted by Gasteiger charge is -2.30. The van der Waals surface area contributed by atoms with Gasteiger partial charge in [0.05, 0.1) is 19.3 Å². The molecule has 1 saturated carbocycles. The van der Waals surface area contributed by atoms with Gasteiger partial charge in [0.15, 0.2) is 0 Å².